The molecule has 0 atom stereocenters. The number of hydrogen-bond acceptors (Lipinski definition) is 5. The predicted octanol–water partition coefficient (Wildman–Crippen LogP) is 3.20. The average Bonchev–Trinajstić information content (AvgIpc) is 3.50. The molecular formula is C21H27N3O2S2. The quantitative estimate of drug-likeness (QED) is 0.785. The monoisotopic (exact) mass is 417 g/mol. The lowest BCUT2D eigenvalue weighted by molar-refractivity contribution is -0.126. The summed E-state index contributed by atoms with van der Waals surface area (Å²) in [6.45, 7) is 4.75. The summed E-state index contributed by atoms with van der Waals surface area (Å²) < 4.78 is 0. The molecule has 1 aliphatic heterocycles. The van der Waals surface area contributed by atoms with Gasteiger partial charge >= 0.3 is 0 Å². The van der Waals surface area contributed by atoms with Crippen LogP contribution in [0.5, 0.6) is 0 Å². The Balaban J connectivity index is 1.24. The summed E-state index contributed by atoms with van der Waals surface area (Å²) in [5.41, 5.74) is -0.306. The van der Waals surface area contributed by atoms with Crippen molar-refractivity contribution in [1.29, 1.82) is 0 Å². The van der Waals surface area contributed by atoms with Crippen LogP contribution in [0.25, 0.3) is 0 Å². The van der Waals surface area contributed by atoms with Gasteiger partial charge in [0.25, 0.3) is 5.91 Å². The summed E-state index contributed by atoms with van der Waals surface area (Å²) in [6, 6.07) is 7.97. The molecule has 4 rings (SSSR count). The summed E-state index contributed by atoms with van der Waals surface area (Å²) in [4.78, 5) is 31.7. The molecule has 0 spiro atoms. The van der Waals surface area contributed by atoms with E-state index < -0.39 is 0 Å². The molecule has 0 unspecified atom stereocenters. The predicted molar refractivity (Wildman–Crippen MR) is 114 cm³/mol. The maximum atomic E-state index is 13.0. The number of carbonyl (C=O) groups excluding carboxylic acids is 2. The SMILES string of the molecule is O=C(c1cccs1)N1CCN(CCNC(=O)C2(c3cccs3)CCCC2)CC1. The molecule has 5 nitrogen and oxygen atoms in total. The van der Waals surface area contributed by atoms with E-state index in [0.29, 0.717) is 6.54 Å². The highest BCUT2D eigenvalue weighted by molar-refractivity contribution is 7.12. The molecule has 1 saturated heterocycles. The van der Waals surface area contributed by atoms with Gasteiger partial charge in [0.2, 0.25) is 5.91 Å². The van der Waals surface area contributed by atoms with Crippen LogP contribution in [-0.2, 0) is 10.2 Å². The van der Waals surface area contributed by atoms with Crippen molar-refractivity contribution in [2.45, 2.75) is 31.1 Å². The number of piperazine rings is 1. The van der Waals surface area contributed by atoms with Crippen LogP contribution in [0.1, 0.15) is 40.2 Å². The van der Waals surface area contributed by atoms with Crippen molar-refractivity contribution in [2.24, 2.45) is 0 Å². The van der Waals surface area contributed by atoms with Crippen molar-refractivity contribution in [1.82, 2.24) is 15.1 Å². The first kappa shape index (κ1) is 19.6. The lowest BCUT2D eigenvalue weighted by Gasteiger charge is -2.35. The van der Waals surface area contributed by atoms with Crippen LogP contribution in [0.3, 0.4) is 0 Å². The Hall–Kier alpha value is -1.70. The highest BCUT2D eigenvalue weighted by atomic mass is 32.1. The van der Waals surface area contributed by atoms with Crippen molar-refractivity contribution in [3.63, 3.8) is 0 Å². The summed E-state index contributed by atoms with van der Waals surface area (Å²) in [6.07, 6.45) is 4.18. The first-order chi connectivity index (χ1) is 13.7. The molecular weight excluding hydrogens is 390 g/mol. The Labute approximate surface area is 174 Å². The Bertz CT molecular complexity index is 775. The van der Waals surface area contributed by atoms with Crippen LogP contribution >= 0.6 is 22.7 Å². The molecule has 28 heavy (non-hydrogen) atoms. The van der Waals surface area contributed by atoms with E-state index >= 15 is 0 Å². The van der Waals surface area contributed by atoms with Crippen molar-refractivity contribution >= 4 is 34.5 Å². The van der Waals surface area contributed by atoms with E-state index in [1.807, 2.05) is 28.5 Å². The minimum absolute atomic E-state index is 0.141. The van der Waals surface area contributed by atoms with Crippen LogP contribution in [0.4, 0.5) is 0 Å². The van der Waals surface area contributed by atoms with Gasteiger partial charge < -0.3 is 10.2 Å². The molecule has 0 radical (unpaired) electrons. The fourth-order valence-corrected chi connectivity index (χ4v) is 6.02. The molecule has 2 amide bonds. The van der Waals surface area contributed by atoms with Gasteiger partial charge in [0.1, 0.15) is 0 Å². The first-order valence-corrected chi connectivity index (χ1v) is 11.8. The van der Waals surface area contributed by atoms with E-state index in [-0.39, 0.29) is 17.2 Å². The van der Waals surface area contributed by atoms with Crippen molar-refractivity contribution in [2.75, 3.05) is 39.3 Å². The summed E-state index contributed by atoms with van der Waals surface area (Å²) >= 11 is 3.20. The second-order valence-electron chi connectivity index (χ2n) is 7.63. The molecule has 7 heteroatoms. The molecule has 0 bridgehead atoms. The second-order valence-corrected chi connectivity index (χ2v) is 9.53. The summed E-state index contributed by atoms with van der Waals surface area (Å²) in [5, 5.41) is 7.22. The number of amides is 2. The summed E-state index contributed by atoms with van der Waals surface area (Å²) in [7, 11) is 0. The number of hydrogen-bond donors (Lipinski definition) is 1. The lowest BCUT2D eigenvalue weighted by atomic mass is 9.83. The molecule has 1 saturated carbocycles. The molecule has 1 aliphatic carbocycles. The fourth-order valence-electron chi connectivity index (χ4n) is 4.34. The maximum absolute atomic E-state index is 13.0. The van der Waals surface area contributed by atoms with E-state index in [9.17, 15) is 9.59 Å². The van der Waals surface area contributed by atoms with Gasteiger partial charge in [0, 0.05) is 44.1 Å². The lowest BCUT2D eigenvalue weighted by Crippen LogP contribution is -2.51. The van der Waals surface area contributed by atoms with E-state index in [4.69, 9.17) is 0 Å². The molecule has 0 aromatic carbocycles. The van der Waals surface area contributed by atoms with E-state index in [0.717, 1.165) is 63.3 Å². The molecule has 2 aliphatic rings. The van der Waals surface area contributed by atoms with Gasteiger partial charge in [-0.15, -0.1) is 22.7 Å². The maximum Gasteiger partial charge on any atom is 0.264 e. The third-order valence-electron chi connectivity index (χ3n) is 5.99. The molecule has 2 fully saturated rings. The van der Waals surface area contributed by atoms with Crippen LogP contribution in [0.15, 0.2) is 35.0 Å². The Morgan fingerprint density at radius 3 is 2.36 bits per heavy atom. The normalized spacial score (nSPS) is 19.6. The average molecular weight is 418 g/mol. The third-order valence-corrected chi connectivity index (χ3v) is 7.92. The highest BCUT2D eigenvalue weighted by Crippen LogP contribution is 2.43. The molecule has 2 aromatic heterocycles. The number of carbonyl (C=O) groups is 2. The number of rotatable bonds is 6. The van der Waals surface area contributed by atoms with Gasteiger partial charge in [-0.2, -0.15) is 0 Å². The van der Waals surface area contributed by atoms with Gasteiger partial charge in [-0.1, -0.05) is 25.0 Å². The second kappa shape index (κ2) is 8.76. The Morgan fingerprint density at radius 1 is 1.00 bits per heavy atom. The van der Waals surface area contributed by atoms with Crippen LogP contribution in [-0.4, -0.2) is 60.9 Å². The van der Waals surface area contributed by atoms with Crippen LogP contribution < -0.4 is 5.32 Å². The minimum Gasteiger partial charge on any atom is -0.354 e. The Kier molecular flexibility index (Phi) is 6.13. The highest BCUT2D eigenvalue weighted by Gasteiger charge is 2.43. The zero-order chi connectivity index (χ0) is 19.4. The number of nitrogens with one attached hydrogen (secondary N) is 1. The molecule has 1 N–H and O–H groups in total. The van der Waals surface area contributed by atoms with Crippen molar-refractivity contribution in [3.8, 4) is 0 Å². The standard InChI is InChI=1S/C21H27N3O2S2/c25-19(17-5-3-15-27-17)24-13-11-23(12-14-24)10-9-22-20(26)21(7-1-2-8-21)18-6-4-16-28-18/h3-6,15-16H,1-2,7-14H2,(H,22,26). The van der Waals surface area contributed by atoms with Gasteiger partial charge in [-0.25, -0.2) is 0 Å². The van der Waals surface area contributed by atoms with E-state index in [1.165, 1.54) is 16.2 Å². The van der Waals surface area contributed by atoms with Gasteiger partial charge in [0.05, 0.1) is 10.3 Å². The van der Waals surface area contributed by atoms with Gasteiger partial charge in [-0.05, 0) is 35.7 Å². The molecule has 150 valence electrons. The van der Waals surface area contributed by atoms with Crippen molar-refractivity contribution in [3.05, 3.63) is 44.8 Å². The largest absolute Gasteiger partial charge is 0.354 e. The number of thiophene rings is 2. The zero-order valence-electron chi connectivity index (χ0n) is 16.1. The first-order valence-electron chi connectivity index (χ1n) is 10.1. The topological polar surface area (TPSA) is 52.7 Å². The van der Waals surface area contributed by atoms with Gasteiger partial charge in [0.15, 0.2) is 0 Å². The molecule has 2 aromatic rings. The van der Waals surface area contributed by atoms with Crippen LogP contribution in [0.2, 0.25) is 0 Å². The van der Waals surface area contributed by atoms with Crippen molar-refractivity contribution < 1.29 is 9.59 Å². The summed E-state index contributed by atoms with van der Waals surface area (Å²) in [5.74, 6) is 0.334. The van der Waals surface area contributed by atoms with Gasteiger partial charge in [-0.3, -0.25) is 14.5 Å². The fraction of sp³-hybridized carbons (Fsp3) is 0.524. The number of nitrogens with zero attached hydrogens (tertiary/aromatic N) is 2. The van der Waals surface area contributed by atoms with E-state index in [2.05, 4.69) is 21.7 Å². The van der Waals surface area contributed by atoms with Crippen LogP contribution in [0, 0.1) is 0 Å². The third kappa shape index (κ3) is 4.02. The van der Waals surface area contributed by atoms with E-state index in [1.54, 1.807) is 11.3 Å². The zero-order valence-corrected chi connectivity index (χ0v) is 17.7. The Morgan fingerprint density at radius 2 is 1.71 bits per heavy atom. The smallest absolute Gasteiger partial charge is 0.264 e. The molecule has 3 heterocycles. The minimum atomic E-state index is -0.306.